The summed E-state index contributed by atoms with van der Waals surface area (Å²) in [6.07, 6.45) is 1.80. The van der Waals surface area contributed by atoms with Gasteiger partial charge in [0, 0.05) is 32.5 Å². The lowest BCUT2D eigenvalue weighted by Gasteiger charge is -2.32. The molecule has 0 heterocycles. The van der Waals surface area contributed by atoms with Gasteiger partial charge >= 0.3 is 0 Å². The third-order valence-corrected chi connectivity index (χ3v) is 8.56. The van der Waals surface area contributed by atoms with Crippen molar-refractivity contribution in [1.82, 2.24) is 14.9 Å². The average molecular weight is 594 g/mol. The number of aryl methyl sites for hydroxylation is 1. The van der Waals surface area contributed by atoms with E-state index in [4.69, 9.17) is 4.74 Å². The molecule has 8 nitrogen and oxygen atoms in total. The molecule has 1 atom stereocenters. The Kier molecular flexibility index (Phi) is 12.6. The van der Waals surface area contributed by atoms with Gasteiger partial charge in [-0.15, -0.1) is 0 Å². The van der Waals surface area contributed by atoms with Crippen LogP contribution in [0.2, 0.25) is 0 Å². The molecule has 0 aromatic heterocycles. The third-order valence-electron chi connectivity index (χ3n) is 7.00. The van der Waals surface area contributed by atoms with E-state index in [1.54, 1.807) is 43.2 Å². The number of ether oxygens (including phenoxy) is 1. The van der Waals surface area contributed by atoms with Crippen molar-refractivity contribution < 1.29 is 22.7 Å². The summed E-state index contributed by atoms with van der Waals surface area (Å²) in [5.74, 6) is 0.812. The maximum Gasteiger partial charge on any atom is 0.243 e. The number of benzene rings is 3. The van der Waals surface area contributed by atoms with Crippen LogP contribution in [-0.2, 0) is 39.0 Å². The fourth-order valence-corrected chi connectivity index (χ4v) is 5.63. The zero-order chi connectivity index (χ0) is 30.5. The van der Waals surface area contributed by atoms with Crippen LogP contribution in [0.15, 0.2) is 83.8 Å². The first-order valence-electron chi connectivity index (χ1n) is 14.5. The van der Waals surface area contributed by atoms with E-state index in [-0.39, 0.29) is 29.7 Å². The second-order valence-corrected chi connectivity index (χ2v) is 12.5. The number of methoxy groups -OCH3 is 1. The molecular weight excluding hydrogens is 550 g/mol. The highest BCUT2D eigenvalue weighted by Crippen LogP contribution is 2.20. The average Bonchev–Trinajstić information content (AvgIpc) is 2.98. The van der Waals surface area contributed by atoms with Gasteiger partial charge in [-0.1, -0.05) is 75.4 Å². The summed E-state index contributed by atoms with van der Waals surface area (Å²) in [5, 5.41) is 3.06. The monoisotopic (exact) mass is 593 g/mol. The first-order chi connectivity index (χ1) is 20.1. The van der Waals surface area contributed by atoms with Crippen LogP contribution in [0, 0.1) is 5.92 Å². The van der Waals surface area contributed by atoms with Gasteiger partial charge in [0.15, 0.2) is 0 Å². The number of nitrogens with one attached hydrogen (secondary N) is 2. The standard InChI is InChI=1S/C33H43N3O5S/c1-5-35-42(39,40)30-18-13-26(14-19-30)15-20-32(37)36(24-28-11-16-29(41-4)17-12-28)31(23-27-9-7-6-8-10-27)33(38)34-22-21-25(2)3/h6-14,16-19,25,31,35H,5,15,20-24H2,1-4H3,(H,34,38)/t31-/m0/s1. The third kappa shape index (κ3) is 9.99. The molecule has 0 unspecified atom stereocenters. The summed E-state index contributed by atoms with van der Waals surface area (Å²) in [5.41, 5.74) is 2.69. The SMILES string of the molecule is CCNS(=O)(=O)c1ccc(CCC(=O)N(Cc2ccc(OC)cc2)[C@@H](Cc2ccccc2)C(=O)NCCC(C)C)cc1. The number of nitrogens with zero attached hydrogens (tertiary/aromatic N) is 1. The van der Waals surface area contributed by atoms with E-state index >= 15 is 0 Å². The summed E-state index contributed by atoms with van der Waals surface area (Å²) < 4.78 is 32.4. The minimum Gasteiger partial charge on any atom is -0.497 e. The Balaban J connectivity index is 1.86. The smallest absolute Gasteiger partial charge is 0.243 e. The van der Waals surface area contributed by atoms with Crippen molar-refractivity contribution in [3.8, 4) is 5.75 Å². The van der Waals surface area contributed by atoms with Crippen LogP contribution in [0.5, 0.6) is 5.75 Å². The van der Waals surface area contributed by atoms with Crippen molar-refractivity contribution in [1.29, 1.82) is 0 Å². The summed E-state index contributed by atoms with van der Waals surface area (Å²) >= 11 is 0. The van der Waals surface area contributed by atoms with E-state index in [0.29, 0.717) is 37.6 Å². The van der Waals surface area contributed by atoms with Crippen LogP contribution in [-0.4, -0.2) is 51.4 Å². The largest absolute Gasteiger partial charge is 0.497 e. The van der Waals surface area contributed by atoms with Gasteiger partial charge in [-0.25, -0.2) is 13.1 Å². The van der Waals surface area contributed by atoms with E-state index in [0.717, 1.165) is 23.1 Å². The van der Waals surface area contributed by atoms with Crippen LogP contribution < -0.4 is 14.8 Å². The molecule has 3 aromatic carbocycles. The number of sulfonamides is 1. The minimum absolute atomic E-state index is 0.157. The summed E-state index contributed by atoms with van der Waals surface area (Å²) in [7, 11) is -1.95. The zero-order valence-corrected chi connectivity index (χ0v) is 25.8. The first kappa shape index (κ1) is 32.8. The molecule has 3 aromatic rings. The molecule has 3 rings (SSSR count). The molecule has 0 fully saturated rings. The van der Waals surface area contributed by atoms with Crippen molar-refractivity contribution in [3.05, 3.63) is 95.6 Å². The molecule has 0 saturated heterocycles. The lowest BCUT2D eigenvalue weighted by molar-refractivity contribution is -0.141. The Morgan fingerprint density at radius 3 is 2.12 bits per heavy atom. The second kappa shape index (κ2) is 16.1. The van der Waals surface area contributed by atoms with Crippen molar-refractivity contribution in [3.63, 3.8) is 0 Å². The lowest BCUT2D eigenvalue weighted by atomic mass is 10.0. The molecule has 0 aliphatic heterocycles. The highest BCUT2D eigenvalue weighted by molar-refractivity contribution is 7.89. The number of carbonyl (C=O) groups is 2. The highest BCUT2D eigenvalue weighted by atomic mass is 32.2. The van der Waals surface area contributed by atoms with Crippen LogP contribution in [0.1, 0.15) is 50.3 Å². The van der Waals surface area contributed by atoms with Crippen molar-refractivity contribution >= 4 is 21.8 Å². The number of carbonyl (C=O) groups excluding carboxylic acids is 2. The van der Waals surface area contributed by atoms with Crippen molar-refractivity contribution in [2.75, 3.05) is 20.2 Å². The highest BCUT2D eigenvalue weighted by Gasteiger charge is 2.30. The van der Waals surface area contributed by atoms with Gasteiger partial charge in [0.25, 0.3) is 0 Å². The maximum absolute atomic E-state index is 13.9. The molecule has 0 radical (unpaired) electrons. The predicted molar refractivity (Wildman–Crippen MR) is 166 cm³/mol. The van der Waals surface area contributed by atoms with Gasteiger partial charge in [0.2, 0.25) is 21.8 Å². The molecule has 0 aliphatic rings. The molecule has 0 bridgehead atoms. The van der Waals surface area contributed by atoms with E-state index < -0.39 is 16.1 Å². The molecular formula is C33H43N3O5S. The van der Waals surface area contributed by atoms with E-state index in [2.05, 4.69) is 23.9 Å². The molecule has 9 heteroatoms. The van der Waals surface area contributed by atoms with E-state index in [9.17, 15) is 18.0 Å². The Morgan fingerprint density at radius 2 is 1.52 bits per heavy atom. The van der Waals surface area contributed by atoms with Gasteiger partial charge in [-0.3, -0.25) is 9.59 Å². The second-order valence-electron chi connectivity index (χ2n) is 10.7. The molecule has 2 N–H and O–H groups in total. The van der Waals surface area contributed by atoms with Crippen molar-refractivity contribution in [2.24, 2.45) is 5.92 Å². The topological polar surface area (TPSA) is 105 Å². The lowest BCUT2D eigenvalue weighted by Crippen LogP contribution is -2.50. The molecule has 0 spiro atoms. The summed E-state index contributed by atoms with van der Waals surface area (Å²) in [6.45, 7) is 7.04. The zero-order valence-electron chi connectivity index (χ0n) is 25.0. The number of hydrogen-bond donors (Lipinski definition) is 2. The van der Waals surface area contributed by atoms with E-state index in [1.165, 1.54) is 0 Å². The maximum atomic E-state index is 13.9. The predicted octanol–water partition coefficient (Wildman–Crippen LogP) is 4.73. The van der Waals surface area contributed by atoms with Crippen LogP contribution in [0.3, 0.4) is 0 Å². The summed E-state index contributed by atoms with van der Waals surface area (Å²) in [4.78, 5) is 29.4. The fraction of sp³-hybridized carbons (Fsp3) is 0.394. The quantitative estimate of drug-likeness (QED) is 0.250. The molecule has 2 amide bonds. The van der Waals surface area contributed by atoms with Gasteiger partial charge < -0.3 is 15.0 Å². The van der Waals surface area contributed by atoms with Gasteiger partial charge in [-0.2, -0.15) is 0 Å². The number of amides is 2. The van der Waals surface area contributed by atoms with Crippen LogP contribution in [0.4, 0.5) is 0 Å². The Hall–Kier alpha value is -3.69. The van der Waals surface area contributed by atoms with Gasteiger partial charge in [0.1, 0.15) is 11.8 Å². The van der Waals surface area contributed by atoms with Crippen LogP contribution in [0.25, 0.3) is 0 Å². The molecule has 0 aliphatic carbocycles. The van der Waals surface area contributed by atoms with Gasteiger partial charge in [0.05, 0.1) is 12.0 Å². The minimum atomic E-state index is -3.55. The number of hydrogen-bond acceptors (Lipinski definition) is 5. The molecule has 0 saturated carbocycles. The Bertz CT molecular complexity index is 1380. The fourth-order valence-electron chi connectivity index (χ4n) is 4.59. The van der Waals surface area contributed by atoms with Gasteiger partial charge in [-0.05, 0) is 59.7 Å². The Morgan fingerprint density at radius 1 is 0.881 bits per heavy atom. The number of rotatable bonds is 16. The molecule has 226 valence electrons. The van der Waals surface area contributed by atoms with Crippen molar-refractivity contribution in [2.45, 2.75) is 63.9 Å². The molecule has 42 heavy (non-hydrogen) atoms. The summed E-state index contributed by atoms with van der Waals surface area (Å²) in [6, 6.07) is 23.1. The first-order valence-corrected chi connectivity index (χ1v) is 15.9. The Labute approximate surface area is 250 Å². The van der Waals surface area contributed by atoms with Crippen LogP contribution >= 0.6 is 0 Å². The van der Waals surface area contributed by atoms with E-state index in [1.807, 2.05) is 54.6 Å². The normalized spacial score (nSPS) is 12.1.